The molecule has 4 saturated carbocycles. The topological polar surface area (TPSA) is 33.0 Å². The summed E-state index contributed by atoms with van der Waals surface area (Å²) >= 11 is 0. The first kappa shape index (κ1) is 18.0. The third-order valence-corrected chi connectivity index (χ3v) is 8.11. The zero-order valence-corrected chi connectivity index (χ0v) is 17.5. The molecule has 3 aromatic rings. The van der Waals surface area contributed by atoms with Gasteiger partial charge >= 0.3 is 0 Å². The molecule has 0 aromatic heterocycles. The summed E-state index contributed by atoms with van der Waals surface area (Å²) in [5.41, 5.74) is 4.98. The second-order valence-corrected chi connectivity index (χ2v) is 10.0. The van der Waals surface area contributed by atoms with Crippen molar-refractivity contribution in [3.05, 3.63) is 65.7 Å². The van der Waals surface area contributed by atoms with E-state index in [0.29, 0.717) is 11.0 Å². The predicted octanol–water partition coefficient (Wildman–Crippen LogP) is 6.85. The van der Waals surface area contributed by atoms with Crippen molar-refractivity contribution >= 4 is 10.8 Å². The van der Waals surface area contributed by atoms with Crippen molar-refractivity contribution < 1.29 is 4.74 Å². The first-order valence-electron chi connectivity index (χ1n) is 11.3. The molecule has 0 unspecified atom stereocenters. The van der Waals surface area contributed by atoms with Crippen molar-refractivity contribution in [2.75, 3.05) is 7.11 Å². The maximum Gasteiger partial charge on any atom is 0.122 e. The molecule has 2 heteroatoms. The Bertz CT molecular complexity index is 1150. The van der Waals surface area contributed by atoms with E-state index in [1.54, 1.807) is 0 Å². The first-order valence-corrected chi connectivity index (χ1v) is 11.3. The number of benzene rings is 3. The molecule has 30 heavy (non-hydrogen) atoms. The third-order valence-electron chi connectivity index (χ3n) is 8.11. The quantitative estimate of drug-likeness (QED) is 0.487. The van der Waals surface area contributed by atoms with E-state index in [-0.39, 0.29) is 0 Å². The molecular formula is C28H27NO. The van der Waals surface area contributed by atoms with E-state index >= 15 is 0 Å². The molecular weight excluding hydrogens is 366 g/mol. The summed E-state index contributed by atoms with van der Waals surface area (Å²) < 4.78 is 5.89. The van der Waals surface area contributed by atoms with Crippen LogP contribution in [0.4, 0.5) is 0 Å². The molecule has 4 aliphatic rings. The SMILES string of the molecule is COc1ccc(-c2ccc3cc(C#N)ccc3c2)cc1C12CC3CC(CC(C3)C1)C2. The van der Waals surface area contributed by atoms with Gasteiger partial charge in [-0.3, -0.25) is 0 Å². The molecule has 3 aromatic carbocycles. The van der Waals surface area contributed by atoms with Crippen LogP contribution in [0.15, 0.2) is 54.6 Å². The van der Waals surface area contributed by atoms with Gasteiger partial charge in [0.05, 0.1) is 18.7 Å². The molecule has 4 bridgehead atoms. The van der Waals surface area contributed by atoms with Gasteiger partial charge in [-0.05, 0) is 114 Å². The summed E-state index contributed by atoms with van der Waals surface area (Å²) in [7, 11) is 1.82. The lowest BCUT2D eigenvalue weighted by Crippen LogP contribution is -2.48. The maximum absolute atomic E-state index is 9.16. The van der Waals surface area contributed by atoms with Crippen molar-refractivity contribution in [2.45, 2.75) is 43.9 Å². The van der Waals surface area contributed by atoms with Crippen LogP contribution in [-0.2, 0) is 5.41 Å². The normalized spacial score (nSPS) is 29.1. The van der Waals surface area contributed by atoms with Crippen molar-refractivity contribution in [1.82, 2.24) is 0 Å². The zero-order chi connectivity index (χ0) is 20.3. The van der Waals surface area contributed by atoms with Gasteiger partial charge in [0.15, 0.2) is 0 Å². The fraction of sp³-hybridized carbons (Fsp3) is 0.393. The number of nitriles is 1. The van der Waals surface area contributed by atoms with Gasteiger partial charge in [0.25, 0.3) is 0 Å². The fourth-order valence-corrected chi connectivity index (χ4v) is 7.24. The predicted molar refractivity (Wildman–Crippen MR) is 121 cm³/mol. The van der Waals surface area contributed by atoms with E-state index in [0.717, 1.165) is 28.9 Å². The molecule has 0 N–H and O–H groups in total. The van der Waals surface area contributed by atoms with Crippen molar-refractivity contribution in [2.24, 2.45) is 17.8 Å². The van der Waals surface area contributed by atoms with Crippen molar-refractivity contribution in [3.63, 3.8) is 0 Å². The third kappa shape index (κ3) is 2.76. The number of hydrogen-bond acceptors (Lipinski definition) is 2. The highest BCUT2D eigenvalue weighted by molar-refractivity contribution is 5.88. The number of methoxy groups -OCH3 is 1. The summed E-state index contributed by atoms with van der Waals surface area (Å²) in [5, 5.41) is 11.5. The summed E-state index contributed by atoms with van der Waals surface area (Å²) in [5.74, 6) is 3.82. The first-order chi connectivity index (χ1) is 14.7. The molecule has 0 atom stereocenters. The van der Waals surface area contributed by atoms with Gasteiger partial charge in [0.2, 0.25) is 0 Å². The lowest BCUT2D eigenvalue weighted by atomic mass is 9.48. The minimum atomic E-state index is 0.314. The van der Waals surface area contributed by atoms with Gasteiger partial charge in [0, 0.05) is 5.56 Å². The Morgan fingerprint density at radius 1 is 0.800 bits per heavy atom. The molecule has 4 aliphatic carbocycles. The van der Waals surface area contributed by atoms with E-state index in [1.165, 1.54) is 60.6 Å². The van der Waals surface area contributed by atoms with Gasteiger partial charge in [-0.15, -0.1) is 0 Å². The lowest BCUT2D eigenvalue weighted by Gasteiger charge is -2.57. The summed E-state index contributed by atoms with van der Waals surface area (Å²) in [6, 6.07) is 21.6. The average molecular weight is 394 g/mol. The number of fused-ring (bicyclic) bond motifs is 1. The molecule has 0 saturated heterocycles. The number of nitrogens with zero attached hydrogens (tertiary/aromatic N) is 1. The van der Waals surface area contributed by atoms with Crippen LogP contribution in [0.1, 0.15) is 49.7 Å². The Hall–Kier alpha value is -2.79. The van der Waals surface area contributed by atoms with E-state index in [4.69, 9.17) is 10.00 Å². The summed E-state index contributed by atoms with van der Waals surface area (Å²) in [6.45, 7) is 0. The van der Waals surface area contributed by atoms with Crippen LogP contribution in [-0.4, -0.2) is 7.11 Å². The molecule has 2 nitrogen and oxygen atoms in total. The van der Waals surface area contributed by atoms with E-state index in [9.17, 15) is 0 Å². The zero-order valence-electron chi connectivity index (χ0n) is 17.5. The fourth-order valence-electron chi connectivity index (χ4n) is 7.24. The number of hydrogen-bond donors (Lipinski definition) is 0. The van der Waals surface area contributed by atoms with Gasteiger partial charge in [-0.25, -0.2) is 0 Å². The highest BCUT2D eigenvalue weighted by atomic mass is 16.5. The van der Waals surface area contributed by atoms with Crippen LogP contribution >= 0.6 is 0 Å². The van der Waals surface area contributed by atoms with Crippen LogP contribution in [0, 0.1) is 29.1 Å². The van der Waals surface area contributed by atoms with Crippen LogP contribution in [0.3, 0.4) is 0 Å². The Morgan fingerprint density at radius 3 is 2.07 bits per heavy atom. The van der Waals surface area contributed by atoms with E-state index in [2.05, 4.69) is 48.5 Å². The van der Waals surface area contributed by atoms with Crippen LogP contribution in [0.2, 0.25) is 0 Å². The molecule has 0 radical (unpaired) electrons. The van der Waals surface area contributed by atoms with E-state index in [1.807, 2.05) is 19.2 Å². The van der Waals surface area contributed by atoms with Crippen LogP contribution in [0.25, 0.3) is 21.9 Å². The summed E-state index contributed by atoms with van der Waals surface area (Å²) in [4.78, 5) is 0. The Kier molecular flexibility index (Phi) is 3.97. The average Bonchev–Trinajstić information content (AvgIpc) is 2.77. The summed E-state index contributed by atoms with van der Waals surface area (Å²) in [6.07, 6.45) is 8.39. The molecule has 0 spiro atoms. The standard InChI is InChI=1S/C28H27NO/c1-30-27-7-6-25(24-5-4-22-11-18(17-29)2-3-23(22)12-24)13-26(27)28-14-19-8-20(15-28)10-21(9-19)16-28/h2-7,11-13,19-21H,8-10,14-16H2,1H3. The Balaban J connectivity index is 1.44. The monoisotopic (exact) mass is 393 g/mol. The maximum atomic E-state index is 9.16. The van der Waals surface area contributed by atoms with Gasteiger partial charge in [-0.2, -0.15) is 5.26 Å². The highest BCUT2D eigenvalue weighted by Crippen LogP contribution is 2.62. The van der Waals surface area contributed by atoms with Gasteiger partial charge in [-0.1, -0.05) is 24.3 Å². The molecule has 0 aliphatic heterocycles. The van der Waals surface area contributed by atoms with Gasteiger partial charge < -0.3 is 4.74 Å². The molecule has 0 heterocycles. The van der Waals surface area contributed by atoms with E-state index < -0.39 is 0 Å². The lowest BCUT2D eigenvalue weighted by molar-refractivity contribution is -0.00613. The van der Waals surface area contributed by atoms with Crippen molar-refractivity contribution in [3.8, 4) is 22.9 Å². The minimum absolute atomic E-state index is 0.314. The Morgan fingerprint density at radius 2 is 1.40 bits per heavy atom. The number of ether oxygens (including phenoxy) is 1. The van der Waals surface area contributed by atoms with Crippen molar-refractivity contribution in [1.29, 1.82) is 5.26 Å². The number of rotatable bonds is 3. The highest BCUT2D eigenvalue weighted by Gasteiger charge is 2.52. The smallest absolute Gasteiger partial charge is 0.122 e. The molecule has 150 valence electrons. The van der Waals surface area contributed by atoms with Crippen LogP contribution in [0.5, 0.6) is 5.75 Å². The minimum Gasteiger partial charge on any atom is -0.496 e. The van der Waals surface area contributed by atoms with Crippen LogP contribution < -0.4 is 4.74 Å². The van der Waals surface area contributed by atoms with Gasteiger partial charge in [0.1, 0.15) is 5.75 Å². The largest absolute Gasteiger partial charge is 0.496 e. The molecule has 7 rings (SSSR count). The second kappa shape index (κ2) is 6.61. The molecule has 4 fully saturated rings. The Labute approximate surface area is 178 Å². The molecule has 0 amide bonds. The second-order valence-electron chi connectivity index (χ2n) is 10.0.